The molecule has 0 spiro atoms. The molecule has 2 N–H and O–H groups in total. The molecule has 30 heavy (non-hydrogen) atoms. The van der Waals surface area contributed by atoms with Crippen LogP contribution < -0.4 is 5.32 Å². The van der Waals surface area contributed by atoms with Crippen LogP contribution in [0.15, 0.2) is 30.3 Å². The van der Waals surface area contributed by atoms with Crippen molar-refractivity contribution in [3.8, 4) is 6.07 Å². The molecule has 0 radical (unpaired) electrons. The third-order valence-electron chi connectivity index (χ3n) is 8.22. The smallest absolute Gasteiger partial charge is 0.0642 e. The van der Waals surface area contributed by atoms with Gasteiger partial charge in [-0.25, -0.2) is 0 Å². The van der Waals surface area contributed by atoms with Crippen LogP contribution in [0.3, 0.4) is 0 Å². The van der Waals surface area contributed by atoms with Crippen molar-refractivity contribution in [3.63, 3.8) is 0 Å². The summed E-state index contributed by atoms with van der Waals surface area (Å²) < 4.78 is 0. The second-order valence-electron chi connectivity index (χ2n) is 10.2. The Kier molecular flexibility index (Phi) is 5.86. The Bertz CT molecular complexity index is 740. The summed E-state index contributed by atoms with van der Waals surface area (Å²) in [5.41, 5.74) is 1.55. The molecule has 5 rings (SSSR count). The Balaban J connectivity index is 1.10. The Morgan fingerprint density at radius 3 is 2.40 bits per heavy atom. The molecular formula is C25H36N4O. The second-order valence-corrected chi connectivity index (χ2v) is 10.2. The van der Waals surface area contributed by atoms with Crippen molar-refractivity contribution in [2.45, 2.75) is 87.1 Å². The molecule has 2 aliphatic carbocycles. The van der Waals surface area contributed by atoms with Crippen LogP contribution in [-0.2, 0) is 0 Å². The van der Waals surface area contributed by atoms with E-state index in [0.717, 1.165) is 51.9 Å². The van der Waals surface area contributed by atoms with Gasteiger partial charge in [0.25, 0.3) is 0 Å². The average molecular weight is 409 g/mol. The molecule has 0 bridgehead atoms. The Morgan fingerprint density at radius 1 is 1.03 bits per heavy atom. The summed E-state index contributed by atoms with van der Waals surface area (Å²) in [5, 5.41) is 23.2. The highest BCUT2D eigenvalue weighted by Gasteiger charge is 2.50. The van der Waals surface area contributed by atoms with E-state index >= 15 is 0 Å². The third kappa shape index (κ3) is 4.16. The van der Waals surface area contributed by atoms with E-state index in [2.05, 4.69) is 51.5 Å². The van der Waals surface area contributed by atoms with Crippen molar-refractivity contribution in [3.05, 3.63) is 35.9 Å². The van der Waals surface area contributed by atoms with Crippen LogP contribution in [0.25, 0.3) is 0 Å². The summed E-state index contributed by atoms with van der Waals surface area (Å²) in [4.78, 5) is 5.21. The Labute approximate surface area is 181 Å². The summed E-state index contributed by atoms with van der Waals surface area (Å²) in [6.07, 6.45) is 8.32. The number of nitrogens with zero attached hydrogens (tertiary/aromatic N) is 3. The number of benzene rings is 1. The molecule has 5 nitrogen and oxygen atoms in total. The molecule has 2 atom stereocenters. The largest absolute Gasteiger partial charge is 0.393 e. The van der Waals surface area contributed by atoms with E-state index in [1.807, 2.05) is 0 Å². The van der Waals surface area contributed by atoms with Gasteiger partial charge in [-0.05, 0) is 50.5 Å². The van der Waals surface area contributed by atoms with E-state index in [9.17, 15) is 10.4 Å². The number of likely N-dealkylation sites (tertiary alicyclic amines) is 2. The van der Waals surface area contributed by atoms with E-state index in [0.29, 0.717) is 30.5 Å². The zero-order valence-electron chi connectivity index (χ0n) is 18.0. The monoisotopic (exact) mass is 408 g/mol. The van der Waals surface area contributed by atoms with Gasteiger partial charge >= 0.3 is 0 Å². The lowest BCUT2D eigenvalue weighted by molar-refractivity contribution is -0.0921. The van der Waals surface area contributed by atoms with Gasteiger partial charge in [0.2, 0.25) is 0 Å². The molecule has 2 saturated heterocycles. The predicted molar refractivity (Wildman–Crippen MR) is 118 cm³/mol. The van der Waals surface area contributed by atoms with Gasteiger partial charge in [-0.1, -0.05) is 30.3 Å². The zero-order chi connectivity index (χ0) is 20.6. The average Bonchev–Trinajstić information content (AvgIpc) is 3.52. The van der Waals surface area contributed by atoms with Gasteiger partial charge in [-0.15, -0.1) is 0 Å². The maximum atomic E-state index is 9.79. The molecule has 2 aliphatic heterocycles. The van der Waals surface area contributed by atoms with Crippen LogP contribution in [0.5, 0.6) is 0 Å². The molecule has 2 saturated carbocycles. The first-order valence-corrected chi connectivity index (χ1v) is 12.0. The number of rotatable bonds is 6. The molecule has 162 valence electrons. The van der Waals surface area contributed by atoms with E-state index < -0.39 is 0 Å². The molecular weight excluding hydrogens is 372 g/mol. The number of hydrogen-bond donors (Lipinski definition) is 2. The topological polar surface area (TPSA) is 62.5 Å². The van der Waals surface area contributed by atoms with Crippen molar-refractivity contribution < 1.29 is 5.11 Å². The van der Waals surface area contributed by atoms with Gasteiger partial charge in [0.05, 0.1) is 24.1 Å². The molecule has 1 unspecified atom stereocenters. The van der Waals surface area contributed by atoms with Crippen molar-refractivity contribution in [1.82, 2.24) is 15.1 Å². The maximum absolute atomic E-state index is 9.79. The lowest BCUT2D eigenvalue weighted by atomic mass is 9.79. The van der Waals surface area contributed by atoms with Gasteiger partial charge in [0, 0.05) is 50.2 Å². The van der Waals surface area contributed by atoms with Crippen LogP contribution in [0.1, 0.15) is 62.8 Å². The van der Waals surface area contributed by atoms with Crippen LogP contribution in [0.2, 0.25) is 0 Å². The van der Waals surface area contributed by atoms with Gasteiger partial charge in [-0.3, -0.25) is 9.80 Å². The third-order valence-corrected chi connectivity index (χ3v) is 8.22. The first-order valence-electron chi connectivity index (χ1n) is 12.0. The lowest BCUT2D eigenvalue weighted by Gasteiger charge is -2.59. The highest BCUT2D eigenvalue weighted by atomic mass is 16.3. The number of aliphatic hydroxyl groups excluding tert-OH is 1. The SMILES string of the molecule is N#CCC1(N2CCC(N[C@@H]3CC3c3ccccc3)CC2)CN([C@H]2CC[C@H](O)CC2)C1. The number of piperidine rings is 1. The molecule has 2 heterocycles. The Morgan fingerprint density at radius 2 is 1.73 bits per heavy atom. The summed E-state index contributed by atoms with van der Waals surface area (Å²) in [6.45, 7) is 4.30. The summed E-state index contributed by atoms with van der Waals surface area (Å²) in [6, 6.07) is 15.3. The number of nitrogens with one attached hydrogen (secondary N) is 1. The lowest BCUT2D eigenvalue weighted by Crippen LogP contribution is -2.73. The fraction of sp³-hybridized carbons (Fsp3) is 0.720. The summed E-state index contributed by atoms with van der Waals surface area (Å²) in [5.74, 6) is 0.698. The number of nitriles is 1. The van der Waals surface area contributed by atoms with Crippen molar-refractivity contribution in [2.24, 2.45) is 0 Å². The van der Waals surface area contributed by atoms with Crippen molar-refractivity contribution >= 4 is 0 Å². The van der Waals surface area contributed by atoms with Gasteiger partial charge in [0.15, 0.2) is 0 Å². The fourth-order valence-corrected chi connectivity index (χ4v) is 6.23. The molecule has 0 amide bonds. The van der Waals surface area contributed by atoms with Gasteiger partial charge < -0.3 is 10.4 Å². The zero-order valence-corrected chi connectivity index (χ0v) is 18.0. The molecule has 1 aromatic carbocycles. The molecule has 4 aliphatic rings. The number of hydrogen-bond acceptors (Lipinski definition) is 5. The van der Waals surface area contributed by atoms with Gasteiger partial charge in [-0.2, -0.15) is 5.26 Å². The first-order chi connectivity index (χ1) is 14.7. The van der Waals surface area contributed by atoms with Crippen molar-refractivity contribution in [1.29, 1.82) is 5.26 Å². The van der Waals surface area contributed by atoms with Crippen LogP contribution in [-0.4, -0.2) is 70.9 Å². The Hall–Kier alpha value is -1.45. The minimum absolute atomic E-state index is 0.0714. The van der Waals surface area contributed by atoms with E-state index in [1.165, 1.54) is 24.8 Å². The van der Waals surface area contributed by atoms with E-state index in [1.54, 1.807) is 0 Å². The highest BCUT2D eigenvalue weighted by molar-refractivity contribution is 5.27. The minimum Gasteiger partial charge on any atom is -0.393 e. The standard InChI is InChI=1S/C25H36N4O/c26-13-12-25(17-28(18-25)21-6-8-22(30)9-7-21)29-14-10-20(11-15-29)27-24-16-23(24)19-4-2-1-3-5-19/h1-5,20-24,27,30H,6-12,14-18H2/t21-,22-,23?,24-/m1/s1. The minimum atomic E-state index is -0.0918. The fourth-order valence-electron chi connectivity index (χ4n) is 6.23. The summed E-state index contributed by atoms with van der Waals surface area (Å²) in [7, 11) is 0. The molecule has 5 heteroatoms. The van der Waals surface area contributed by atoms with Gasteiger partial charge in [0.1, 0.15) is 0 Å². The quantitative estimate of drug-likeness (QED) is 0.758. The maximum Gasteiger partial charge on any atom is 0.0642 e. The molecule has 4 fully saturated rings. The molecule has 0 aromatic heterocycles. The van der Waals surface area contributed by atoms with Crippen molar-refractivity contribution in [2.75, 3.05) is 26.2 Å². The van der Waals surface area contributed by atoms with E-state index in [-0.39, 0.29) is 11.6 Å². The predicted octanol–water partition coefficient (Wildman–Crippen LogP) is 2.87. The van der Waals surface area contributed by atoms with Crippen LogP contribution in [0, 0.1) is 11.3 Å². The van der Waals surface area contributed by atoms with Crippen LogP contribution >= 0.6 is 0 Å². The van der Waals surface area contributed by atoms with Crippen LogP contribution in [0.4, 0.5) is 0 Å². The second kappa shape index (κ2) is 8.59. The molecule has 1 aromatic rings. The summed E-state index contributed by atoms with van der Waals surface area (Å²) >= 11 is 0. The number of aliphatic hydroxyl groups is 1. The normalized spacial score (nSPS) is 34.8. The first kappa shape index (κ1) is 20.5. The highest BCUT2D eigenvalue weighted by Crippen LogP contribution is 2.42. The van der Waals surface area contributed by atoms with E-state index in [4.69, 9.17) is 0 Å².